The zero-order valence-corrected chi connectivity index (χ0v) is 19.5. The number of carboxylic acids is 1. The molecule has 0 N–H and O–H groups in total. The number of allylic oxidation sites excluding steroid dienone is 1. The predicted molar refractivity (Wildman–Crippen MR) is 102 cm³/mol. The molecular weight excluding hydrogens is 351 g/mol. The van der Waals surface area contributed by atoms with Gasteiger partial charge in [-0.15, -0.1) is 0 Å². The Morgan fingerprint density at radius 3 is 2.04 bits per heavy atom. The minimum atomic E-state index is -1.12. The van der Waals surface area contributed by atoms with Crippen LogP contribution < -0.4 is 34.7 Å². The third-order valence-electron chi connectivity index (χ3n) is 5.33. The average Bonchev–Trinajstić information content (AvgIpc) is 2.65. The SMILES string of the molecule is CCCCCCCCCCC/C=C/COC(=O)C1CCCCC1C(=O)[O-].[Na+]. The molecule has 2 unspecified atom stereocenters. The molecule has 1 saturated carbocycles. The number of ether oxygens (including phenoxy) is 1. The molecule has 27 heavy (non-hydrogen) atoms. The quantitative estimate of drug-likeness (QED) is 0.196. The fourth-order valence-corrected chi connectivity index (χ4v) is 3.69. The molecule has 1 aliphatic rings. The number of esters is 1. The maximum Gasteiger partial charge on any atom is 1.00 e. The summed E-state index contributed by atoms with van der Waals surface area (Å²) in [5.74, 6) is -2.71. The van der Waals surface area contributed by atoms with Crippen LogP contribution in [0, 0.1) is 11.8 Å². The largest absolute Gasteiger partial charge is 1.00 e. The van der Waals surface area contributed by atoms with Crippen molar-refractivity contribution in [3.63, 3.8) is 0 Å². The third kappa shape index (κ3) is 12.7. The molecule has 150 valence electrons. The second-order valence-electron chi connectivity index (χ2n) is 7.54. The van der Waals surface area contributed by atoms with E-state index in [-0.39, 0.29) is 42.1 Å². The molecule has 0 aliphatic heterocycles. The molecule has 5 heteroatoms. The first-order valence-electron chi connectivity index (χ1n) is 10.7. The molecular formula is C22H37NaO4. The van der Waals surface area contributed by atoms with Crippen LogP contribution in [-0.4, -0.2) is 18.5 Å². The number of carboxylic acid groups (broad SMARTS) is 1. The first-order valence-corrected chi connectivity index (χ1v) is 10.7. The van der Waals surface area contributed by atoms with Crippen LogP contribution >= 0.6 is 0 Å². The van der Waals surface area contributed by atoms with Gasteiger partial charge >= 0.3 is 35.5 Å². The fraction of sp³-hybridized carbons (Fsp3) is 0.818. The van der Waals surface area contributed by atoms with E-state index in [4.69, 9.17) is 4.74 Å². The Balaban J connectivity index is 0.00000676. The van der Waals surface area contributed by atoms with Crippen molar-refractivity contribution in [2.45, 2.75) is 96.8 Å². The van der Waals surface area contributed by atoms with Gasteiger partial charge in [-0.05, 0) is 25.7 Å². The number of rotatable bonds is 14. The number of hydrogen-bond acceptors (Lipinski definition) is 4. The first kappa shape index (κ1) is 26.7. The Morgan fingerprint density at radius 2 is 1.44 bits per heavy atom. The number of hydrogen-bond donors (Lipinski definition) is 0. The van der Waals surface area contributed by atoms with Crippen molar-refractivity contribution < 1.29 is 49.0 Å². The third-order valence-corrected chi connectivity index (χ3v) is 5.33. The molecule has 1 fully saturated rings. The van der Waals surface area contributed by atoms with Gasteiger partial charge in [-0.25, -0.2) is 0 Å². The van der Waals surface area contributed by atoms with Gasteiger partial charge in [0.25, 0.3) is 0 Å². The first-order chi connectivity index (χ1) is 12.7. The molecule has 1 aliphatic carbocycles. The summed E-state index contributed by atoms with van der Waals surface area (Å²) in [5.41, 5.74) is 0. The maximum atomic E-state index is 12.1. The summed E-state index contributed by atoms with van der Waals surface area (Å²) >= 11 is 0. The van der Waals surface area contributed by atoms with E-state index < -0.39 is 17.8 Å². The summed E-state index contributed by atoms with van der Waals surface area (Å²) in [6, 6.07) is 0. The van der Waals surface area contributed by atoms with Crippen molar-refractivity contribution in [2.75, 3.05) is 6.61 Å². The Labute approximate surface area is 187 Å². The molecule has 4 nitrogen and oxygen atoms in total. The maximum absolute atomic E-state index is 12.1. The molecule has 0 bridgehead atoms. The summed E-state index contributed by atoms with van der Waals surface area (Å²) in [5, 5.41) is 11.1. The Hall–Kier alpha value is -0.320. The molecule has 0 amide bonds. The van der Waals surface area contributed by atoms with Gasteiger partial charge in [0.1, 0.15) is 6.61 Å². The zero-order chi connectivity index (χ0) is 19.0. The van der Waals surface area contributed by atoms with Gasteiger partial charge in [0, 0.05) is 11.9 Å². The number of unbranched alkanes of at least 4 members (excludes halogenated alkanes) is 9. The Morgan fingerprint density at radius 1 is 0.889 bits per heavy atom. The summed E-state index contributed by atoms with van der Waals surface area (Å²) in [6.45, 7) is 2.49. The van der Waals surface area contributed by atoms with E-state index in [1.165, 1.54) is 57.8 Å². The number of aliphatic carboxylic acids is 1. The van der Waals surface area contributed by atoms with Crippen molar-refractivity contribution >= 4 is 11.9 Å². The predicted octanol–water partition coefficient (Wildman–Crippen LogP) is 1.57. The molecule has 0 saturated heterocycles. The standard InChI is InChI=1S/C22H38O4.Na/c1-2-3-4-5-6-7-8-9-10-11-12-15-18-26-22(25)20-17-14-13-16-19(20)21(23)24;/h12,15,19-20H,2-11,13-14,16-18H2,1H3,(H,23,24);/q;+1/p-1/b15-12+;. The van der Waals surface area contributed by atoms with Crippen LogP contribution in [0.2, 0.25) is 0 Å². The summed E-state index contributed by atoms with van der Waals surface area (Å²) in [7, 11) is 0. The van der Waals surface area contributed by atoms with E-state index in [0.717, 1.165) is 19.3 Å². The smallest absolute Gasteiger partial charge is 0.550 e. The van der Waals surface area contributed by atoms with Gasteiger partial charge in [0.05, 0.1) is 5.92 Å². The molecule has 0 radical (unpaired) electrons. The molecule has 1 rings (SSSR count). The molecule has 0 aromatic carbocycles. The van der Waals surface area contributed by atoms with Crippen molar-refractivity contribution in [3.8, 4) is 0 Å². The van der Waals surface area contributed by atoms with Crippen molar-refractivity contribution in [1.29, 1.82) is 0 Å². The minimum absolute atomic E-state index is 0. The van der Waals surface area contributed by atoms with Gasteiger partial charge < -0.3 is 14.6 Å². The van der Waals surface area contributed by atoms with Crippen LogP contribution in [0.1, 0.15) is 96.8 Å². The van der Waals surface area contributed by atoms with Crippen molar-refractivity contribution in [3.05, 3.63) is 12.2 Å². The monoisotopic (exact) mass is 388 g/mol. The van der Waals surface area contributed by atoms with Crippen LogP contribution in [0.5, 0.6) is 0 Å². The van der Waals surface area contributed by atoms with Gasteiger partial charge in [-0.2, -0.15) is 0 Å². The minimum Gasteiger partial charge on any atom is -0.550 e. The van der Waals surface area contributed by atoms with Crippen molar-refractivity contribution in [2.24, 2.45) is 11.8 Å². The van der Waals surface area contributed by atoms with E-state index in [2.05, 4.69) is 13.0 Å². The van der Waals surface area contributed by atoms with Crippen LogP contribution in [-0.2, 0) is 14.3 Å². The summed E-state index contributed by atoms with van der Waals surface area (Å²) in [4.78, 5) is 23.2. The van der Waals surface area contributed by atoms with Crippen LogP contribution in [0.25, 0.3) is 0 Å². The second-order valence-corrected chi connectivity index (χ2v) is 7.54. The second kappa shape index (κ2) is 17.8. The van der Waals surface area contributed by atoms with E-state index in [1.54, 1.807) is 0 Å². The normalized spacial score (nSPS) is 19.6. The van der Waals surface area contributed by atoms with Gasteiger partial charge in [0.2, 0.25) is 0 Å². The van der Waals surface area contributed by atoms with Gasteiger partial charge in [-0.3, -0.25) is 4.79 Å². The molecule has 0 aromatic heterocycles. The van der Waals surface area contributed by atoms with Gasteiger partial charge in [0.15, 0.2) is 0 Å². The van der Waals surface area contributed by atoms with Crippen LogP contribution in [0.15, 0.2) is 12.2 Å². The summed E-state index contributed by atoms with van der Waals surface area (Å²) < 4.78 is 5.24. The van der Waals surface area contributed by atoms with E-state index in [1.807, 2.05) is 6.08 Å². The molecule has 0 spiro atoms. The van der Waals surface area contributed by atoms with Crippen LogP contribution in [0.4, 0.5) is 0 Å². The Kier molecular flexibility index (Phi) is 17.5. The van der Waals surface area contributed by atoms with Gasteiger partial charge in [-0.1, -0.05) is 83.3 Å². The number of carbonyl (C=O) groups excluding carboxylic acids is 2. The van der Waals surface area contributed by atoms with Crippen molar-refractivity contribution in [1.82, 2.24) is 0 Å². The molecule has 0 aromatic rings. The fourth-order valence-electron chi connectivity index (χ4n) is 3.69. The molecule has 0 heterocycles. The van der Waals surface area contributed by atoms with E-state index in [9.17, 15) is 14.7 Å². The topological polar surface area (TPSA) is 66.4 Å². The summed E-state index contributed by atoms with van der Waals surface area (Å²) in [6.07, 6.45) is 19.7. The zero-order valence-electron chi connectivity index (χ0n) is 17.5. The molecule has 2 atom stereocenters. The average molecular weight is 389 g/mol. The Bertz CT molecular complexity index is 423. The number of carbonyl (C=O) groups is 2. The van der Waals surface area contributed by atoms with E-state index in [0.29, 0.717) is 12.8 Å². The van der Waals surface area contributed by atoms with E-state index >= 15 is 0 Å². The van der Waals surface area contributed by atoms with Crippen LogP contribution in [0.3, 0.4) is 0 Å².